The van der Waals surface area contributed by atoms with E-state index in [1.165, 1.54) is 0 Å². The summed E-state index contributed by atoms with van der Waals surface area (Å²) >= 11 is 1.16. The Morgan fingerprint density at radius 1 is 1.03 bits per heavy atom. The molecule has 1 amide bonds. The van der Waals surface area contributed by atoms with Crippen LogP contribution in [0.2, 0.25) is 0 Å². The van der Waals surface area contributed by atoms with Crippen LogP contribution < -0.4 is 10.1 Å². The molecule has 0 spiro atoms. The number of carbonyl (C=O) groups excluding carboxylic acids is 1. The van der Waals surface area contributed by atoms with Gasteiger partial charge < -0.3 is 10.1 Å². The lowest BCUT2D eigenvalue weighted by Gasteiger charge is -2.08. The Kier molecular flexibility index (Phi) is 5.30. The number of aromatic nitrogens is 5. The van der Waals surface area contributed by atoms with Crippen LogP contribution in [0.4, 0.5) is 5.69 Å². The van der Waals surface area contributed by atoms with Crippen LogP contribution in [0.3, 0.4) is 0 Å². The highest BCUT2D eigenvalue weighted by molar-refractivity contribution is 6.99. The Labute approximate surface area is 171 Å². The molecule has 0 unspecified atom stereocenters. The maximum Gasteiger partial charge on any atom is 0.278 e. The van der Waals surface area contributed by atoms with Crippen LogP contribution in [0.25, 0.3) is 0 Å². The van der Waals surface area contributed by atoms with Crippen molar-refractivity contribution in [3.63, 3.8) is 0 Å². The summed E-state index contributed by atoms with van der Waals surface area (Å²) in [5.41, 5.74) is 3.26. The van der Waals surface area contributed by atoms with Crippen LogP contribution in [0.5, 0.6) is 11.5 Å². The molecule has 0 radical (unpaired) electrons. The van der Waals surface area contributed by atoms with Gasteiger partial charge in [0.2, 0.25) is 0 Å². The Hall–Kier alpha value is -3.59. The summed E-state index contributed by atoms with van der Waals surface area (Å²) in [5, 5.41) is 10.9. The van der Waals surface area contributed by atoms with Gasteiger partial charge in [-0.3, -0.25) is 4.79 Å². The molecule has 2 aromatic carbocycles. The summed E-state index contributed by atoms with van der Waals surface area (Å²) in [5.74, 6) is 1.12. The van der Waals surface area contributed by atoms with Gasteiger partial charge in [0.05, 0.1) is 35.4 Å². The minimum absolute atomic E-state index is 0.274. The number of ether oxygens (including phenoxy) is 1. The lowest BCUT2D eigenvalue weighted by molar-refractivity contribution is 0.102. The summed E-state index contributed by atoms with van der Waals surface area (Å²) in [4.78, 5) is 12.6. The van der Waals surface area contributed by atoms with Crippen LogP contribution >= 0.6 is 11.7 Å². The zero-order chi connectivity index (χ0) is 20.2. The highest BCUT2D eigenvalue weighted by atomic mass is 32.1. The van der Waals surface area contributed by atoms with Crippen molar-refractivity contribution < 1.29 is 9.53 Å². The molecule has 146 valence electrons. The van der Waals surface area contributed by atoms with E-state index in [0.29, 0.717) is 23.7 Å². The van der Waals surface area contributed by atoms with Crippen LogP contribution in [0.1, 0.15) is 27.6 Å². The van der Waals surface area contributed by atoms with Crippen molar-refractivity contribution >= 4 is 23.3 Å². The summed E-state index contributed by atoms with van der Waals surface area (Å²) in [6, 6.07) is 16.7. The van der Waals surface area contributed by atoms with E-state index in [1.807, 2.05) is 37.3 Å². The Balaban J connectivity index is 1.42. The fraction of sp³-hybridized carbons (Fsp3) is 0.150. The average Bonchev–Trinajstić information content (AvgIpc) is 3.30. The second-order valence-corrected chi connectivity index (χ2v) is 6.90. The van der Waals surface area contributed by atoms with E-state index < -0.39 is 0 Å². The Morgan fingerprint density at radius 3 is 2.45 bits per heavy atom. The number of carbonyl (C=O) groups is 1. The van der Waals surface area contributed by atoms with Crippen LogP contribution in [-0.2, 0) is 6.54 Å². The third-order valence-electron chi connectivity index (χ3n) is 4.33. The minimum Gasteiger partial charge on any atom is -0.457 e. The van der Waals surface area contributed by atoms with Crippen molar-refractivity contribution in [3.8, 4) is 11.5 Å². The van der Waals surface area contributed by atoms with E-state index in [-0.39, 0.29) is 11.6 Å². The quantitative estimate of drug-likeness (QED) is 0.523. The van der Waals surface area contributed by atoms with Crippen molar-refractivity contribution in [3.05, 3.63) is 77.4 Å². The number of hydrogen-bond donors (Lipinski definition) is 1. The molecule has 0 atom stereocenters. The molecular weight excluding hydrogens is 388 g/mol. The van der Waals surface area contributed by atoms with E-state index in [9.17, 15) is 4.79 Å². The van der Waals surface area contributed by atoms with Gasteiger partial charge in [-0.05, 0) is 50.2 Å². The maximum absolute atomic E-state index is 12.6. The zero-order valence-electron chi connectivity index (χ0n) is 15.9. The summed E-state index contributed by atoms with van der Waals surface area (Å²) in [6.45, 7) is 4.13. The van der Waals surface area contributed by atoms with E-state index >= 15 is 0 Å². The number of anilines is 1. The molecule has 0 aliphatic rings. The lowest BCUT2D eigenvalue weighted by atomic mass is 10.2. The van der Waals surface area contributed by atoms with E-state index in [2.05, 4.69) is 24.4 Å². The largest absolute Gasteiger partial charge is 0.457 e. The molecule has 0 bridgehead atoms. The molecule has 2 heterocycles. The number of nitrogens with one attached hydrogen (secondary N) is 1. The molecule has 9 heteroatoms. The van der Waals surface area contributed by atoms with E-state index in [4.69, 9.17) is 4.74 Å². The van der Waals surface area contributed by atoms with Gasteiger partial charge in [0.1, 0.15) is 11.5 Å². The second kappa shape index (κ2) is 8.19. The van der Waals surface area contributed by atoms with Crippen LogP contribution in [0.15, 0.2) is 54.6 Å². The number of rotatable bonds is 6. The predicted octanol–water partition coefficient (Wildman–Crippen LogP) is 3.84. The smallest absolute Gasteiger partial charge is 0.278 e. The van der Waals surface area contributed by atoms with Crippen molar-refractivity contribution in [2.75, 3.05) is 5.32 Å². The van der Waals surface area contributed by atoms with Gasteiger partial charge in [-0.2, -0.15) is 8.75 Å². The number of hydrogen-bond acceptors (Lipinski definition) is 7. The number of amides is 1. The summed E-state index contributed by atoms with van der Waals surface area (Å²) < 4.78 is 15.8. The van der Waals surface area contributed by atoms with Crippen LogP contribution in [-0.4, -0.2) is 29.6 Å². The van der Waals surface area contributed by atoms with Crippen molar-refractivity contribution in [2.24, 2.45) is 0 Å². The highest BCUT2D eigenvalue weighted by Crippen LogP contribution is 2.23. The van der Waals surface area contributed by atoms with Gasteiger partial charge in [-0.1, -0.05) is 23.4 Å². The molecule has 0 saturated carbocycles. The monoisotopic (exact) mass is 406 g/mol. The lowest BCUT2D eigenvalue weighted by Crippen LogP contribution is -2.14. The van der Waals surface area contributed by atoms with Crippen molar-refractivity contribution in [2.45, 2.75) is 20.4 Å². The number of nitrogens with zero attached hydrogens (tertiary/aromatic N) is 5. The molecule has 4 rings (SSSR count). The first-order valence-corrected chi connectivity index (χ1v) is 9.65. The molecular formula is C20H18N6O2S. The maximum atomic E-state index is 12.6. The number of benzene rings is 2. The average molecular weight is 406 g/mol. The minimum atomic E-state index is -0.321. The van der Waals surface area contributed by atoms with Crippen LogP contribution in [0, 0.1) is 13.8 Å². The topological polar surface area (TPSA) is 94.8 Å². The standard InChI is InChI=1S/C20H18N6O2S/c1-13-18(24-29-23-13)12-26-14(2)19(22-25-26)20(27)21-15-8-10-17(11-9-15)28-16-6-4-3-5-7-16/h3-11H,12H2,1-2H3,(H,21,27). The molecule has 4 aromatic rings. The predicted molar refractivity (Wildman–Crippen MR) is 109 cm³/mol. The summed E-state index contributed by atoms with van der Waals surface area (Å²) in [6.07, 6.45) is 0. The van der Waals surface area contributed by atoms with Gasteiger partial charge in [0.15, 0.2) is 5.69 Å². The fourth-order valence-electron chi connectivity index (χ4n) is 2.68. The third-order valence-corrected chi connectivity index (χ3v) is 4.99. The van der Waals surface area contributed by atoms with Gasteiger partial charge in [0.25, 0.3) is 5.91 Å². The van der Waals surface area contributed by atoms with Gasteiger partial charge >= 0.3 is 0 Å². The number of aryl methyl sites for hydroxylation is 1. The van der Waals surface area contributed by atoms with Crippen molar-refractivity contribution in [1.82, 2.24) is 23.7 Å². The normalized spacial score (nSPS) is 10.7. The SMILES string of the molecule is Cc1nsnc1Cn1nnc(C(=O)Nc2ccc(Oc3ccccc3)cc2)c1C. The van der Waals surface area contributed by atoms with Gasteiger partial charge in [-0.25, -0.2) is 4.68 Å². The Bertz CT molecular complexity index is 1120. The number of para-hydroxylation sites is 1. The molecule has 0 fully saturated rings. The first-order chi connectivity index (χ1) is 14.1. The van der Waals surface area contributed by atoms with Crippen molar-refractivity contribution in [1.29, 1.82) is 0 Å². The third kappa shape index (κ3) is 4.30. The second-order valence-electron chi connectivity index (χ2n) is 6.37. The molecule has 8 nitrogen and oxygen atoms in total. The Morgan fingerprint density at radius 2 is 1.76 bits per heavy atom. The first-order valence-electron chi connectivity index (χ1n) is 8.92. The molecule has 0 aliphatic carbocycles. The fourth-order valence-corrected chi connectivity index (χ4v) is 3.23. The molecule has 0 aliphatic heterocycles. The zero-order valence-corrected chi connectivity index (χ0v) is 16.7. The molecule has 29 heavy (non-hydrogen) atoms. The first kappa shape index (κ1) is 18.8. The molecule has 1 N–H and O–H groups in total. The summed E-state index contributed by atoms with van der Waals surface area (Å²) in [7, 11) is 0. The van der Waals surface area contributed by atoms with Gasteiger partial charge in [-0.15, -0.1) is 5.10 Å². The molecule has 2 aromatic heterocycles. The highest BCUT2D eigenvalue weighted by Gasteiger charge is 2.18. The van der Waals surface area contributed by atoms with E-state index in [1.54, 1.807) is 35.9 Å². The molecule has 0 saturated heterocycles. The van der Waals surface area contributed by atoms with E-state index in [0.717, 1.165) is 28.9 Å². The van der Waals surface area contributed by atoms with Gasteiger partial charge in [0, 0.05) is 5.69 Å².